The first-order chi connectivity index (χ1) is 37.3. The van der Waals surface area contributed by atoms with Crippen molar-refractivity contribution in [1.29, 1.82) is 0 Å². The van der Waals surface area contributed by atoms with Crippen LogP contribution in [0.15, 0.2) is 85.1 Å². The molecule has 3 aliphatic rings. The Bertz CT molecular complexity index is 1740. The molecule has 0 bridgehead atoms. The van der Waals surface area contributed by atoms with Crippen LogP contribution in [0.2, 0.25) is 0 Å². The number of aliphatic hydroxyl groups excluding tert-OH is 11. The highest BCUT2D eigenvalue weighted by molar-refractivity contribution is 5.76. The summed E-state index contributed by atoms with van der Waals surface area (Å²) in [5, 5.41) is 120. The smallest absolute Gasteiger partial charge is 0.220 e. The van der Waals surface area contributed by atoms with Gasteiger partial charge in [-0.15, -0.1) is 0 Å². The van der Waals surface area contributed by atoms with Crippen LogP contribution in [-0.2, 0) is 33.2 Å². The molecule has 0 aromatic heterocycles. The van der Waals surface area contributed by atoms with Gasteiger partial charge in [0.05, 0.1) is 38.6 Å². The molecule has 442 valence electrons. The van der Waals surface area contributed by atoms with E-state index in [1.165, 1.54) is 57.8 Å². The minimum atomic E-state index is -1.99. The number of ether oxygens (including phenoxy) is 6. The van der Waals surface area contributed by atoms with E-state index in [1.54, 1.807) is 12.2 Å². The lowest BCUT2D eigenvalue weighted by atomic mass is 9.96. The van der Waals surface area contributed by atoms with Gasteiger partial charge in [-0.2, -0.15) is 0 Å². The van der Waals surface area contributed by atoms with Crippen molar-refractivity contribution in [2.45, 2.75) is 247 Å². The summed E-state index contributed by atoms with van der Waals surface area (Å²) in [4.78, 5) is 13.2. The van der Waals surface area contributed by atoms with Gasteiger partial charge in [-0.3, -0.25) is 4.79 Å². The summed E-state index contributed by atoms with van der Waals surface area (Å²) in [6.45, 7) is 1.48. The molecule has 17 unspecified atom stereocenters. The largest absolute Gasteiger partial charge is 0.394 e. The Morgan fingerprint density at radius 3 is 1.44 bits per heavy atom. The van der Waals surface area contributed by atoms with Crippen molar-refractivity contribution >= 4 is 5.91 Å². The number of rotatable bonds is 39. The number of hydrogen-bond donors (Lipinski definition) is 12. The van der Waals surface area contributed by atoms with Crippen molar-refractivity contribution in [2.75, 3.05) is 26.4 Å². The van der Waals surface area contributed by atoms with Crippen LogP contribution in [0.1, 0.15) is 142 Å². The average molecular weight is 1100 g/mol. The predicted molar refractivity (Wildman–Crippen MR) is 291 cm³/mol. The molecule has 19 heteroatoms. The lowest BCUT2D eigenvalue weighted by Crippen LogP contribution is -2.66. The number of aliphatic hydroxyl groups is 11. The highest BCUT2D eigenvalue weighted by Crippen LogP contribution is 2.33. The molecule has 0 aromatic rings. The molecule has 77 heavy (non-hydrogen) atoms. The molecule has 1 amide bonds. The quantitative estimate of drug-likeness (QED) is 0.0305. The number of allylic oxidation sites excluding steroid dienone is 13. The third kappa shape index (κ3) is 25.5. The SMILES string of the molecule is CC/C=C\C/C=C\C/C=C\C/C=C\CCC(=O)NC(COC1OC(CO)C(OC2OC(CO)C(OC3OC(CO)C(O)C(O)C3O)C(O)C2O)C(O)C1O)C(O)/C=C/CC/C=C/CC/C=C/CCCCCCCCCCC. The van der Waals surface area contributed by atoms with Crippen molar-refractivity contribution in [2.24, 2.45) is 0 Å². The lowest BCUT2D eigenvalue weighted by Gasteiger charge is -2.48. The van der Waals surface area contributed by atoms with Crippen molar-refractivity contribution in [3.8, 4) is 0 Å². The van der Waals surface area contributed by atoms with Crippen LogP contribution >= 0.6 is 0 Å². The van der Waals surface area contributed by atoms with E-state index >= 15 is 0 Å². The summed E-state index contributed by atoms with van der Waals surface area (Å²) in [6, 6.07) is -1.04. The summed E-state index contributed by atoms with van der Waals surface area (Å²) in [5.74, 6) is -0.374. The molecule has 0 aliphatic carbocycles. The molecule has 3 rings (SSSR count). The number of hydrogen-bond acceptors (Lipinski definition) is 18. The molecular weight excluding hydrogens is 999 g/mol. The lowest BCUT2D eigenvalue weighted by molar-refractivity contribution is -0.379. The Labute approximate surface area is 457 Å². The average Bonchev–Trinajstić information content (AvgIpc) is 3.43. The molecule has 3 aliphatic heterocycles. The van der Waals surface area contributed by atoms with E-state index in [4.69, 9.17) is 28.4 Å². The van der Waals surface area contributed by atoms with E-state index in [9.17, 15) is 61.0 Å². The molecule has 3 saturated heterocycles. The standard InChI is InChI=1S/C58H97NO18/c1-3-5-7-9-11-13-15-17-18-19-20-21-22-24-25-27-29-31-33-35-42(63)41(59-46(64)36-34-32-30-28-26-23-16-14-12-10-8-6-4-2)40-72-56-52(70)49(67)54(44(38-61)74-56)77-58-53(71)50(68)55(45(39-62)75-58)76-57-51(69)48(66)47(65)43(37-60)73-57/h6,8,12,14,20-21,23,25-27,30,32-33,35,41-45,47-58,60-63,65-71H,3-5,7,9-11,13,15-19,22,24,28-29,31,34,36-40H2,1-2H3,(H,59,64)/b8-6-,14-12-,21-20+,26-23-,27-25+,32-30-,35-33+. The second kappa shape index (κ2) is 41.0. The fraction of sp³-hybridized carbons (Fsp3) is 0.741. The third-order valence-electron chi connectivity index (χ3n) is 13.7. The second-order valence-electron chi connectivity index (χ2n) is 20.0. The van der Waals surface area contributed by atoms with Crippen molar-refractivity contribution in [1.82, 2.24) is 5.32 Å². The number of nitrogens with one attached hydrogen (secondary N) is 1. The van der Waals surface area contributed by atoms with Gasteiger partial charge in [-0.05, 0) is 70.6 Å². The first-order valence-electron chi connectivity index (χ1n) is 28.3. The summed E-state index contributed by atoms with van der Waals surface area (Å²) in [7, 11) is 0. The number of carbonyl (C=O) groups is 1. The van der Waals surface area contributed by atoms with E-state index < -0.39 is 131 Å². The van der Waals surface area contributed by atoms with Gasteiger partial charge in [-0.25, -0.2) is 0 Å². The molecule has 3 heterocycles. The minimum absolute atomic E-state index is 0.106. The summed E-state index contributed by atoms with van der Waals surface area (Å²) in [6.07, 6.45) is 21.7. The van der Waals surface area contributed by atoms with Gasteiger partial charge >= 0.3 is 0 Å². The second-order valence-corrected chi connectivity index (χ2v) is 20.0. The molecule has 12 N–H and O–H groups in total. The van der Waals surface area contributed by atoms with Crippen LogP contribution in [0.3, 0.4) is 0 Å². The third-order valence-corrected chi connectivity index (χ3v) is 13.7. The van der Waals surface area contributed by atoms with Crippen LogP contribution in [0.4, 0.5) is 0 Å². The van der Waals surface area contributed by atoms with Gasteiger partial charge in [-0.1, -0.05) is 150 Å². The van der Waals surface area contributed by atoms with Gasteiger partial charge < -0.3 is 89.9 Å². The van der Waals surface area contributed by atoms with E-state index in [0.29, 0.717) is 19.3 Å². The van der Waals surface area contributed by atoms with Gasteiger partial charge in [0, 0.05) is 6.42 Å². The maximum absolute atomic E-state index is 13.2. The fourth-order valence-electron chi connectivity index (χ4n) is 9.00. The zero-order valence-corrected chi connectivity index (χ0v) is 45.6. The van der Waals surface area contributed by atoms with Crippen molar-refractivity contribution < 1.29 is 89.4 Å². The van der Waals surface area contributed by atoms with E-state index in [1.807, 2.05) is 12.2 Å². The van der Waals surface area contributed by atoms with Crippen LogP contribution in [-0.4, -0.2) is 193 Å². The summed E-state index contributed by atoms with van der Waals surface area (Å²) >= 11 is 0. The summed E-state index contributed by atoms with van der Waals surface area (Å²) < 4.78 is 34.1. The predicted octanol–water partition coefficient (Wildman–Crippen LogP) is 4.03. The molecule has 0 radical (unpaired) electrons. The zero-order chi connectivity index (χ0) is 56.2. The van der Waals surface area contributed by atoms with Gasteiger partial charge in [0.2, 0.25) is 5.91 Å². The van der Waals surface area contributed by atoms with Gasteiger partial charge in [0.1, 0.15) is 73.2 Å². The van der Waals surface area contributed by atoms with Crippen molar-refractivity contribution in [3.05, 3.63) is 85.1 Å². The molecule has 0 saturated carbocycles. The zero-order valence-electron chi connectivity index (χ0n) is 45.6. The van der Waals surface area contributed by atoms with Crippen molar-refractivity contribution in [3.63, 3.8) is 0 Å². The number of carbonyl (C=O) groups excluding carboxylic acids is 1. The van der Waals surface area contributed by atoms with E-state index in [0.717, 1.165) is 44.9 Å². The van der Waals surface area contributed by atoms with Crippen LogP contribution < -0.4 is 5.32 Å². The molecular formula is C58H97NO18. The first-order valence-corrected chi connectivity index (χ1v) is 28.3. The van der Waals surface area contributed by atoms with E-state index in [-0.39, 0.29) is 12.3 Å². The highest BCUT2D eigenvalue weighted by atomic mass is 16.8. The molecule has 19 nitrogen and oxygen atoms in total. The molecule has 0 aromatic carbocycles. The fourth-order valence-corrected chi connectivity index (χ4v) is 9.00. The Morgan fingerprint density at radius 2 is 0.909 bits per heavy atom. The topological polar surface area (TPSA) is 307 Å². The van der Waals surface area contributed by atoms with Crippen LogP contribution in [0, 0.1) is 0 Å². The Morgan fingerprint density at radius 1 is 0.481 bits per heavy atom. The van der Waals surface area contributed by atoms with Gasteiger partial charge in [0.15, 0.2) is 18.9 Å². The number of unbranched alkanes of at least 4 members (excludes halogenated alkanes) is 11. The van der Waals surface area contributed by atoms with Crippen LogP contribution in [0.25, 0.3) is 0 Å². The monoisotopic (exact) mass is 1100 g/mol. The normalized spacial score (nSPS) is 31.4. The maximum Gasteiger partial charge on any atom is 0.220 e. The Kier molecular flexibility index (Phi) is 36.4. The van der Waals surface area contributed by atoms with Gasteiger partial charge in [0.25, 0.3) is 0 Å². The first kappa shape index (κ1) is 68.2. The maximum atomic E-state index is 13.2. The molecule has 3 fully saturated rings. The Hall–Kier alpha value is -3.03. The molecule has 0 spiro atoms. The Balaban J connectivity index is 1.56. The van der Waals surface area contributed by atoms with Crippen LogP contribution in [0.5, 0.6) is 0 Å². The highest BCUT2D eigenvalue weighted by Gasteiger charge is 2.53. The minimum Gasteiger partial charge on any atom is -0.394 e. The summed E-state index contributed by atoms with van der Waals surface area (Å²) in [5.41, 5.74) is 0. The number of amides is 1. The molecule has 17 atom stereocenters. The van der Waals surface area contributed by atoms with E-state index in [2.05, 4.69) is 79.9 Å².